The van der Waals surface area contributed by atoms with Gasteiger partial charge < -0.3 is 37.5 Å². The van der Waals surface area contributed by atoms with Gasteiger partial charge in [0.15, 0.2) is 6.23 Å². The molecule has 7 atom stereocenters. The van der Waals surface area contributed by atoms with Gasteiger partial charge in [-0.3, -0.25) is 14.3 Å². The Kier molecular flexibility index (Phi) is 14.9. The number of aromatic amines is 1. The molecule has 3 aliphatic heterocycles. The first-order valence-electron chi connectivity index (χ1n) is 23.2. The normalized spacial score (nSPS) is 22.9. The molecule has 4 heterocycles. The van der Waals surface area contributed by atoms with Gasteiger partial charge in [0.05, 0.1) is 40.1 Å². The van der Waals surface area contributed by atoms with Gasteiger partial charge in [-0.25, -0.2) is 9.46 Å². The second kappa shape index (κ2) is 21.2. The lowest BCUT2D eigenvalue weighted by Gasteiger charge is -2.37. The minimum absolute atomic E-state index is 0.0155. The summed E-state index contributed by atoms with van der Waals surface area (Å²) in [5, 5.41) is 2.70. The molecule has 1 N–H and O–H groups in total. The van der Waals surface area contributed by atoms with Crippen LogP contribution in [0, 0.1) is 6.92 Å². The SMILES string of the molecule is COCCOC1[C@@H](O[P@@]2O[C@H](C[Si](C)(c3ccccc3)c3ccccc3)[C@@H]3CCCN32)[C@@H](COC(c2ccccc2)(c2ccc(OC)cc2)c2ccc(OC)cc2)O[C@H]1n1cc(C)c(=O)[nH]c1=O. The molecule has 0 aliphatic carbocycles. The number of aryl methyl sites for hydroxylation is 1. The summed E-state index contributed by atoms with van der Waals surface area (Å²) in [4.78, 5) is 29.0. The second-order valence-electron chi connectivity index (χ2n) is 17.8. The molecule has 15 heteroatoms. The van der Waals surface area contributed by atoms with E-state index >= 15 is 0 Å². The maximum absolute atomic E-state index is 13.8. The van der Waals surface area contributed by atoms with Crippen molar-refractivity contribution < 1.29 is 37.5 Å². The van der Waals surface area contributed by atoms with E-state index in [1.54, 1.807) is 28.3 Å². The number of benzene rings is 5. The predicted molar refractivity (Wildman–Crippen MR) is 265 cm³/mol. The molecule has 13 nitrogen and oxygen atoms in total. The molecule has 1 aromatic heterocycles. The topological polar surface area (TPSA) is 132 Å². The lowest BCUT2D eigenvalue weighted by molar-refractivity contribution is -0.0991. The van der Waals surface area contributed by atoms with E-state index in [1.165, 1.54) is 21.1 Å². The maximum atomic E-state index is 13.8. The minimum Gasteiger partial charge on any atom is -0.497 e. The highest BCUT2D eigenvalue weighted by molar-refractivity contribution is 7.45. The van der Waals surface area contributed by atoms with E-state index in [0.29, 0.717) is 17.1 Å². The summed E-state index contributed by atoms with van der Waals surface area (Å²) in [6.45, 7) is 5.37. The van der Waals surface area contributed by atoms with Crippen LogP contribution in [0.3, 0.4) is 0 Å². The van der Waals surface area contributed by atoms with Crippen LogP contribution in [0.5, 0.6) is 11.5 Å². The van der Waals surface area contributed by atoms with Crippen LogP contribution in [0.15, 0.2) is 155 Å². The van der Waals surface area contributed by atoms with E-state index in [0.717, 1.165) is 42.1 Å². The van der Waals surface area contributed by atoms with Crippen LogP contribution in [0.4, 0.5) is 0 Å². The van der Waals surface area contributed by atoms with E-state index in [2.05, 4.69) is 76.9 Å². The molecule has 1 unspecified atom stereocenters. The van der Waals surface area contributed by atoms with Crippen LogP contribution >= 0.6 is 8.53 Å². The summed E-state index contributed by atoms with van der Waals surface area (Å²) in [7, 11) is 0.916. The van der Waals surface area contributed by atoms with Crippen molar-refractivity contribution in [2.45, 2.75) is 74.6 Å². The average molecular weight is 958 g/mol. The van der Waals surface area contributed by atoms with Crippen LogP contribution < -0.4 is 31.1 Å². The van der Waals surface area contributed by atoms with E-state index < -0.39 is 58.0 Å². The van der Waals surface area contributed by atoms with E-state index in [9.17, 15) is 9.59 Å². The van der Waals surface area contributed by atoms with Crippen LogP contribution in [-0.2, 0) is 33.6 Å². The Morgan fingerprint density at radius 3 is 1.88 bits per heavy atom. The monoisotopic (exact) mass is 957 g/mol. The van der Waals surface area contributed by atoms with Crippen LogP contribution in [-0.4, -0.2) is 100 Å². The molecule has 3 aliphatic rings. The van der Waals surface area contributed by atoms with Gasteiger partial charge in [0.2, 0.25) is 0 Å². The molecule has 0 saturated carbocycles. The van der Waals surface area contributed by atoms with Crippen LogP contribution in [0.2, 0.25) is 12.6 Å². The summed E-state index contributed by atoms with van der Waals surface area (Å²) in [5.74, 6) is 1.40. The van der Waals surface area contributed by atoms with Gasteiger partial charge in [-0.15, -0.1) is 0 Å². The van der Waals surface area contributed by atoms with Crippen molar-refractivity contribution in [3.05, 3.63) is 189 Å². The number of nitrogens with one attached hydrogen (secondary N) is 1. The number of aromatic nitrogens is 2. The highest BCUT2D eigenvalue weighted by atomic mass is 31.2. The van der Waals surface area contributed by atoms with Crippen molar-refractivity contribution in [3.63, 3.8) is 0 Å². The van der Waals surface area contributed by atoms with Gasteiger partial charge in [-0.2, -0.15) is 0 Å². The number of rotatable bonds is 19. The number of ether oxygens (including phenoxy) is 6. The Morgan fingerprint density at radius 1 is 0.735 bits per heavy atom. The highest BCUT2D eigenvalue weighted by Crippen LogP contribution is 2.59. The van der Waals surface area contributed by atoms with Gasteiger partial charge in [0, 0.05) is 31.5 Å². The first kappa shape index (κ1) is 47.8. The van der Waals surface area contributed by atoms with Crippen molar-refractivity contribution in [1.82, 2.24) is 14.2 Å². The molecule has 3 fully saturated rings. The molecule has 5 aromatic carbocycles. The Labute approximate surface area is 399 Å². The third kappa shape index (κ3) is 9.54. The third-order valence-corrected chi connectivity index (χ3v) is 19.9. The third-order valence-electron chi connectivity index (χ3n) is 13.7. The summed E-state index contributed by atoms with van der Waals surface area (Å²) >= 11 is 0. The Balaban J connectivity index is 1.12. The van der Waals surface area contributed by atoms with E-state index in [1.807, 2.05) is 78.9 Å². The van der Waals surface area contributed by atoms with Crippen LogP contribution in [0.25, 0.3) is 0 Å². The lowest BCUT2D eigenvalue weighted by Crippen LogP contribution is -2.58. The van der Waals surface area contributed by atoms with E-state index in [-0.39, 0.29) is 32.0 Å². The number of fused-ring (bicyclic) bond motifs is 1. The minimum atomic E-state index is -2.33. The average Bonchev–Trinajstić information content (AvgIpc) is 4.09. The molecule has 0 radical (unpaired) electrons. The Hall–Kier alpha value is -5.25. The van der Waals surface area contributed by atoms with Crippen molar-refractivity contribution >= 4 is 27.0 Å². The summed E-state index contributed by atoms with van der Waals surface area (Å²) in [6, 6.07) is 48.5. The van der Waals surface area contributed by atoms with Gasteiger partial charge in [0.25, 0.3) is 14.1 Å². The summed E-state index contributed by atoms with van der Waals surface area (Å²) in [6.07, 6.45) is -0.0708. The molecule has 68 heavy (non-hydrogen) atoms. The molecule has 0 bridgehead atoms. The predicted octanol–water partition coefficient (Wildman–Crippen LogP) is 7.17. The fourth-order valence-corrected chi connectivity index (χ4v) is 16.1. The zero-order chi connectivity index (χ0) is 47.3. The van der Waals surface area contributed by atoms with Gasteiger partial charge in [-0.1, -0.05) is 132 Å². The molecule has 9 rings (SSSR count). The quantitative estimate of drug-likeness (QED) is 0.0384. The fourth-order valence-electron chi connectivity index (χ4n) is 10.1. The zero-order valence-electron chi connectivity index (χ0n) is 39.2. The molecule has 3 saturated heterocycles. The number of hydrogen-bond donors (Lipinski definition) is 1. The largest absolute Gasteiger partial charge is 0.497 e. The molecule has 356 valence electrons. The second-order valence-corrected chi connectivity index (χ2v) is 23.4. The van der Waals surface area contributed by atoms with E-state index in [4.69, 9.17) is 37.5 Å². The molecule has 0 spiro atoms. The number of methoxy groups -OCH3 is 3. The van der Waals surface area contributed by atoms with Crippen molar-refractivity contribution in [3.8, 4) is 11.5 Å². The smallest absolute Gasteiger partial charge is 0.330 e. The van der Waals surface area contributed by atoms with Crippen LogP contribution in [0.1, 0.15) is 41.3 Å². The van der Waals surface area contributed by atoms with Gasteiger partial charge >= 0.3 is 5.69 Å². The number of hydrogen-bond acceptors (Lipinski definition) is 11. The Bertz CT molecular complexity index is 2610. The highest BCUT2D eigenvalue weighted by Gasteiger charge is 2.55. The number of H-pyrrole nitrogens is 1. The van der Waals surface area contributed by atoms with Gasteiger partial charge in [-0.05, 0) is 66.8 Å². The standard InChI is InChI=1S/C53H60N3O10PSi/c1-37-34-55(52(58)54-50(37)57)51-49(62-33-32-59-2)48(66-67-56-31-15-22-45(56)47(65-67)36-68(5,43-18-11-7-12-19-43)44-20-13-8-14-21-44)46(64-51)35-63-53(38-16-9-6-10-17-38,39-23-27-41(60-3)28-24-39)40-25-29-42(61-4)30-26-40/h6-14,16-21,23-30,34,45-49,51H,15,22,31-33,35-36H2,1-5H3,(H,54,57,58)/t45-,46+,47+,48-,49?,51+,67+/m0/s1. The maximum Gasteiger partial charge on any atom is 0.330 e. The van der Waals surface area contributed by atoms with Crippen molar-refractivity contribution in [2.24, 2.45) is 0 Å². The first-order valence-corrected chi connectivity index (χ1v) is 27.1. The van der Waals surface area contributed by atoms with Gasteiger partial charge in [0.1, 0.15) is 43.5 Å². The molecular weight excluding hydrogens is 898 g/mol. The molecule has 0 amide bonds. The lowest BCUT2D eigenvalue weighted by atomic mass is 9.80. The first-order chi connectivity index (χ1) is 33.2. The molecular formula is C53H60N3O10PSi. The summed E-state index contributed by atoms with van der Waals surface area (Å²) < 4.78 is 56.3. The number of nitrogens with zero attached hydrogens (tertiary/aromatic N) is 2. The Morgan fingerprint density at radius 2 is 1.31 bits per heavy atom. The fraction of sp³-hybridized carbons (Fsp3) is 0.358. The van der Waals surface area contributed by atoms with Crippen molar-refractivity contribution in [2.75, 3.05) is 47.7 Å². The zero-order valence-corrected chi connectivity index (χ0v) is 41.1. The van der Waals surface area contributed by atoms with Crippen molar-refractivity contribution in [1.29, 1.82) is 0 Å². The summed E-state index contributed by atoms with van der Waals surface area (Å²) in [5.41, 5.74) is 0.616. The molecule has 6 aromatic rings.